The van der Waals surface area contributed by atoms with Crippen molar-refractivity contribution >= 4 is 11.7 Å². The first-order valence-corrected chi connectivity index (χ1v) is 9.95. The lowest BCUT2D eigenvalue weighted by Gasteiger charge is -2.36. The van der Waals surface area contributed by atoms with Crippen LogP contribution in [0.2, 0.25) is 0 Å². The highest BCUT2D eigenvalue weighted by atomic mass is 16.1. The second kappa shape index (κ2) is 7.21. The van der Waals surface area contributed by atoms with Gasteiger partial charge in [-0.05, 0) is 60.3 Å². The Morgan fingerprint density at radius 2 is 1.46 bits per heavy atom. The molecule has 0 unspecified atom stereocenters. The molecule has 3 aromatic rings. The molecule has 0 radical (unpaired) electrons. The highest BCUT2D eigenvalue weighted by Crippen LogP contribution is 2.46. The van der Waals surface area contributed by atoms with Crippen molar-refractivity contribution in [2.45, 2.75) is 18.9 Å². The molecule has 140 valence electrons. The van der Waals surface area contributed by atoms with Crippen LogP contribution in [-0.2, 0) is 4.79 Å². The van der Waals surface area contributed by atoms with Crippen LogP contribution in [0.3, 0.4) is 0 Å². The maximum Gasteiger partial charge on any atom is 0.228 e. The molecular weight excluding hydrogens is 346 g/mol. The van der Waals surface area contributed by atoms with Crippen molar-refractivity contribution in [1.29, 1.82) is 0 Å². The number of likely N-dealkylation sites (tertiary alicyclic amines) is 1. The molecule has 2 aliphatic rings. The van der Waals surface area contributed by atoms with Gasteiger partial charge in [0.25, 0.3) is 0 Å². The summed E-state index contributed by atoms with van der Waals surface area (Å²) in [7, 11) is 0. The quantitative estimate of drug-likeness (QED) is 0.739. The van der Waals surface area contributed by atoms with E-state index in [0.29, 0.717) is 11.9 Å². The normalized spacial score (nSPS) is 17.1. The van der Waals surface area contributed by atoms with Crippen molar-refractivity contribution in [1.82, 2.24) is 9.88 Å². The van der Waals surface area contributed by atoms with E-state index < -0.39 is 0 Å². The standard InChI is InChI=1S/C24H23N3O/c28-24(26-22-11-5-6-14-25-22)17-12-15-27(16-13-17)23-20-9-3-1-7-18(20)19-8-2-4-10-21(19)23/h1-11,14,17,23H,12-13,15-16H2,(H,25,26,28). The van der Waals surface area contributed by atoms with E-state index in [2.05, 4.69) is 63.7 Å². The van der Waals surface area contributed by atoms with Gasteiger partial charge in [0.2, 0.25) is 5.91 Å². The predicted molar refractivity (Wildman–Crippen MR) is 111 cm³/mol. The van der Waals surface area contributed by atoms with E-state index in [9.17, 15) is 4.79 Å². The van der Waals surface area contributed by atoms with Crippen molar-refractivity contribution in [2.24, 2.45) is 5.92 Å². The molecule has 1 aromatic heterocycles. The molecule has 0 saturated carbocycles. The van der Waals surface area contributed by atoms with Gasteiger partial charge in [-0.1, -0.05) is 54.6 Å². The molecule has 0 spiro atoms. The molecule has 4 nitrogen and oxygen atoms in total. The fourth-order valence-corrected chi connectivity index (χ4v) is 4.61. The smallest absolute Gasteiger partial charge is 0.228 e. The molecule has 2 aromatic carbocycles. The number of aromatic nitrogens is 1. The number of carbonyl (C=O) groups excluding carboxylic acids is 1. The fraction of sp³-hybridized carbons (Fsp3) is 0.250. The number of pyridine rings is 1. The SMILES string of the molecule is O=C(Nc1ccccn1)C1CCN(C2c3ccccc3-c3ccccc32)CC1. The summed E-state index contributed by atoms with van der Waals surface area (Å²) < 4.78 is 0. The third-order valence-corrected chi connectivity index (χ3v) is 5.98. The third kappa shape index (κ3) is 3.00. The van der Waals surface area contributed by atoms with E-state index >= 15 is 0 Å². The second-order valence-electron chi connectivity index (χ2n) is 7.59. The summed E-state index contributed by atoms with van der Waals surface area (Å²) in [6.45, 7) is 1.85. The maximum atomic E-state index is 12.6. The van der Waals surface area contributed by atoms with Crippen molar-refractivity contribution < 1.29 is 4.79 Å². The molecule has 1 fully saturated rings. The summed E-state index contributed by atoms with van der Waals surface area (Å²) in [5, 5.41) is 2.96. The van der Waals surface area contributed by atoms with E-state index in [4.69, 9.17) is 0 Å². The van der Waals surface area contributed by atoms with Crippen LogP contribution in [-0.4, -0.2) is 28.9 Å². The van der Waals surface area contributed by atoms with Gasteiger partial charge in [-0.3, -0.25) is 9.69 Å². The Morgan fingerprint density at radius 1 is 0.857 bits per heavy atom. The van der Waals surface area contributed by atoms with Crippen molar-refractivity contribution in [2.75, 3.05) is 18.4 Å². The largest absolute Gasteiger partial charge is 0.310 e. The van der Waals surface area contributed by atoms with Gasteiger partial charge >= 0.3 is 0 Å². The Labute approximate surface area is 165 Å². The molecule has 0 atom stereocenters. The summed E-state index contributed by atoms with van der Waals surface area (Å²) in [5.41, 5.74) is 5.47. The van der Waals surface area contributed by atoms with E-state index in [1.54, 1.807) is 6.20 Å². The van der Waals surface area contributed by atoms with Crippen molar-refractivity contribution in [3.8, 4) is 11.1 Å². The Kier molecular flexibility index (Phi) is 4.41. The fourth-order valence-electron chi connectivity index (χ4n) is 4.61. The molecule has 1 aliphatic heterocycles. The number of hydrogen-bond donors (Lipinski definition) is 1. The lowest BCUT2D eigenvalue weighted by Crippen LogP contribution is -2.40. The highest BCUT2D eigenvalue weighted by molar-refractivity contribution is 5.91. The summed E-state index contributed by atoms with van der Waals surface area (Å²) in [6.07, 6.45) is 3.45. The number of hydrogen-bond acceptors (Lipinski definition) is 3. The number of rotatable bonds is 3. The van der Waals surface area contributed by atoms with E-state index in [0.717, 1.165) is 25.9 Å². The highest BCUT2D eigenvalue weighted by Gasteiger charge is 2.35. The van der Waals surface area contributed by atoms with Crippen molar-refractivity contribution in [3.63, 3.8) is 0 Å². The lowest BCUT2D eigenvalue weighted by atomic mass is 9.93. The minimum atomic E-state index is 0.0464. The molecular formula is C24H23N3O. The zero-order valence-electron chi connectivity index (χ0n) is 15.7. The first-order valence-electron chi connectivity index (χ1n) is 9.95. The first kappa shape index (κ1) is 17.1. The van der Waals surface area contributed by atoms with Gasteiger partial charge in [0.05, 0.1) is 6.04 Å². The molecule has 4 heteroatoms. The van der Waals surface area contributed by atoms with Crippen LogP contribution in [0.15, 0.2) is 72.9 Å². The molecule has 28 heavy (non-hydrogen) atoms. The number of amides is 1. The zero-order chi connectivity index (χ0) is 18.9. The van der Waals surface area contributed by atoms with Gasteiger partial charge in [-0.25, -0.2) is 4.98 Å². The van der Waals surface area contributed by atoms with Crippen LogP contribution in [0.25, 0.3) is 11.1 Å². The topological polar surface area (TPSA) is 45.2 Å². The van der Waals surface area contributed by atoms with Crippen LogP contribution >= 0.6 is 0 Å². The first-order chi connectivity index (χ1) is 13.8. The maximum absolute atomic E-state index is 12.6. The number of benzene rings is 2. The Bertz CT molecular complexity index is 948. The Balaban J connectivity index is 1.31. The average Bonchev–Trinajstić information content (AvgIpc) is 3.09. The number of fused-ring (bicyclic) bond motifs is 3. The molecule has 0 bridgehead atoms. The van der Waals surface area contributed by atoms with E-state index in [-0.39, 0.29) is 11.8 Å². The molecule has 1 N–H and O–H groups in total. The average molecular weight is 369 g/mol. The number of piperidine rings is 1. The van der Waals surface area contributed by atoms with Crippen LogP contribution in [0.4, 0.5) is 5.82 Å². The number of nitrogens with one attached hydrogen (secondary N) is 1. The number of nitrogens with zero attached hydrogens (tertiary/aromatic N) is 2. The van der Waals surface area contributed by atoms with E-state index in [1.165, 1.54) is 22.3 Å². The van der Waals surface area contributed by atoms with Gasteiger partial charge in [0, 0.05) is 12.1 Å². The summed E-state index contributed by atoms with van der Waals surface area (Å²) >= 11 is 0. The van der Waals surface area contributed by atoms with Gasteiger partial charge in [0.1, 0.15) is 5.82 Å². The molecule has 5 rings (SSSR count). The Morgan fingerprint density at radius 3 is 2.07 bits per heavy atom. The third-order valence-electron chi connectivity index (χ3n) is 5.98. The summed E-state index contributed by atoms with van der Waals surface area (Å²) in [6, 6.07) is 23.3. The monoisotopic (exact) mass is 369 g/mol. The molecule has 1 amide bonds. The summed E-state index contributed by atoms with van der Waals surface area (Å²) in [4.78, 5) is 19.4. The van der Waals surface area contributed by atoms with Gasteiger partial charge in [0.15, 0.2) is 0 Å². The molecule has 1 aliphatic carbocycles. The minimum Gasteiger partial charge on any atom is -0.310 e. The second-order valence-corrected chi connectivity index (χ2v) is 7.59. The molecule has 2 heterocycles. The van der Waals surface area contributed by atoms with Crippen LogP contribution in [0.1, 0.15) is 30.0 Å². The van der Waals surface area contributed by atoms with Gasteiger partial charge in [-0.2, -0.15) is 0 Å². The minimum absolute atomic E-state index is 0.0464. The van der Waals surface area contributed by atoms with E-state index in [1.807, 2.05) is 18.2 Å². The van der Waals surface area contributed by atoms with Crippen molar-refractivity contribution in [3.05, 3.63) is 84.1 Å². The van der Waals surface area contributed by atoms with Crippen LogP contribution in [0.5, 0.6) is 0 Å². The summed E-state index contributed by atoms with van der Waals surface area (Å²) in [5.74, 6) is 0.768. The lowest BCUT2D eigenvalue weighted by molar-refractivity contribution is -0.121. The van der Waals surface area contributed by atoms with Crippen LogP contribution < -0.4 is 5.32 Å². The number of carbonyl (C=O) groups is 1. The number of anilines is 1. The predicted octanol–water partition coefficient (Wildman–Crippen LogP) is 4.50. The van der Waals surface area contributed by atoms with Gasteiger partial charge in [-0.15, -0.1) is 0 Å². The zero-order valence-corrected chi connectivity index (χ0v) is 15.7. The van der Waals surface area contributed by atoms with Crippen LogP contribution in [0, 0.1) is 5.92 Å². The molecule has 1 saturated heterocycles. The Hall–Kier alpha value is -2.98. The van der Waals surface area contributed by atoms with Gasteiger partial charge < -0.3 is 5.32 Å².